The average Bonchev–Trinajstić information content (AvgIpc) is 2.50. The monoisotopic (exact) mass is 315 g/mol. The molecule has 0 unspecified atom stereocenters. The van der Waals surface area contributed by atoms with Crippen LogP contribution in [0.15, 0.2) is 42.6 Å². The van der Waals surface area contributed by atoms with E-state index < -0.39 is 0 Å². The minimum Gasteiger partial charge on any atom is -0.487 e. The predicted molar refractivity (Wildman–Crippen MR) is 88.0 cm³/mol. The van der Waals surface area contributed by atoms with E-state index in [1.807, 2.05) is 0 Å². The normalized spacial score (nSPS) is 11.3. The lowest BCUT2D eigenvalue weighted by Crippen LogP contribution is -2.09. The van der Waals surface area contributed by atoms with Gasteiger partial charge in [-0.15, -0.1) is 0 Å². The van der Waals surface area contributed by atoms with Crippen molar-refractivity contribution in [3.8, 4) is 5.75 Å². The molecule has 0 fully saturated rings. The zero-order valence-electron chi connectivity index (χ0n) is 13.8. The fraction of sp³-hybridized carbons (Fsp3) is 0.368. The zero-order valence-corrected chi connectivity index (χ0v) is 13.8. The molecule has 0 aliphatic rings. The lowest BCUT2D eigenvalue weighted by Gasteiger charge is -2.16. The van der Waals surface area contributed by atoms with Crippen molar-refractivity contribution in [3.63, 3.8) is 0 Å². The number of Topliss-reactive ketones (excluding diaryl/α,β-unsaturated/α-hetero) is 1. The van der Waals surface area contributed by atoms with Gasteiger partial charge in [0.25, 0.3) is 0 Å². The molecule has 2 rings (SSSR count). The molecule has 0 spiro atoms. The van der Waals surface area contributed by atoms with Gasteiger partial charge in [0.2, 0.25) is 0 Å². The predicted octanol–water partition coefficient (Wildman–Crippen LogP) is 4.81. The molecule has 0 saturated heterocycles. The summed E-state index contributed by atoms with van der Waals surface area (Å²) in [5.41, 5.74) is 1.45. The summed E-state index contributed by atoms with van der Waals surface area (Å²) in [6.07, 6.45) is 2.94. The van der Waals surface area contributed by atoms with E-state index in [4.69, 9.17) is 4.74 Å². The Labute approximate surface area is 136 Å². The summed E-state index contributed by atoms with van der Waals surface area (Å²) < 4.78 is 18.5. The Morgan fingerprint density at radius 2 is 2.00 bits per heavy atom. The van der Waals surface area contributed by atoms with E-state index in [9.17, 15) is 9.18 Å². The third-order valence-corrected chi connectivity index (χ3v) is 3.43. The summed E-state index contributed by atoms with van der Waals surface area (Å²) in [4.78, 5) is 16.3. The highest BCUT2D eigenvalue weighted by molar-refractivity contribution is 5.95. The molecule has 0 saturated carbocycles. The Hall–Kier alpha value is -2.23. The maximum absolute atomic E-state index is 13.1. The SMILES string of the molecule is CC(C)(C)CCC(=O)c1ccc(COc2cccc(F)c2)nc1. The maximum Gasteiger partial charge on any atom is 0.164 e. The first-order valence-corrected chi connectivity index (χ1v) is 7.70. The molecule has 1 aromatic heterocycles. The third-order valence-electron chi connectivity index (χ3n) is 3.43. The lowest BCUT2D eigenvalue weighted by molar-refractivity contribution is 0.0965. The van der Waals surface area contributed by atoms with Crippen molar-refractivity contribution in [3.05, 3.63) is 59.7 Å². The second kappa shape index (κ2) is 7.36. The van der Waals surface area contributed by atoms with E-state index in [-0.39, 0.29) is 23.6 Å². The molecule has 0 atom stereocenters. The van der Waals surface area contributed by atoms with Gasteiger partial charge in [0.15, 0.2) is 5.78 Å². The second-order valence-corrected chi connectivity index (χ2v) is 6.77. The molecule has 2 aromatic rings. The number of rotatable bonds is 6. The molecule has 4 heteroatoms. The highest BCUT2D eigenvalue weighted by Gasteiger charge is 2.14. The smallest absolute Gasteiger partial charge is 0.164 e. The van der Waals surface area contributed by atoms with Gasteiger partial charge in [-0.2, -0.15) is 0 Å². The van der Waals surface area contributed by atoms with Crippen molar-refractivity contribution in [2.24, 2.45) is 5.41 Å². The number of carbonyl (C=O) groups excluding carboxylic acids is 1. The molecule has 1 aromatic carbocycles. The topological polar surface area (TPSA) is 39.2 Å². The first kappa shape index (κ1) is 17.1. The largest absolute Gasteiger partial charge is 0.487 e. The van der Waals surface area contributed by atoms with Crippen molar-refractivity contribution >= 4 is 5.78 Å². The molecular formula is C19H22FNO2. The van der Waals surface area contributed by atoms with E-state index in [1.54, 1.807) is 30.5 Å². The summed E-state index contributed by atoms with van der Waals surface area (Å²) in [7, 11) is 0. The number of ether oxygens (including phenoxy) is 1. The summed E-state index contributed by atoms with van der Waals surface area (Å²) in [5.74, 6) is 0.220. The Bertz CT molecular complexity index is 660. The molecule has 122 valence electrons. The van der Waals surface area contributed by atoms with Crippen molar-refractivity contribution in [1.29, 1.82) is 0 Å². The molecule has 23 heavy (non-hydrogen) atoms. The van der Waals surface area contributed by atoms with Crippen LogP contribution in [-0.4, -0.2) is 10.8 Å². The van der Waals surface area contributed by atoms with Crippen molar-refractivity contribution in [1.82, 2.24) is 4.98 Å². The van der Waals surface area contributed by atoms with Crippen LogP contribution in [0, 0.1) is 11.2 Å². The molecule has 0 aliphatic heterocycles. The van der Waals surface area contributed by atoms with Crippen LogP contribution < -0.4 is 4.74 Å². The molecule has 0 aliphatic carbocycles. The van der Waals surface area contributed by atoms with Crippen LogP contribution in [0.5, 0.6) is 5.75 Å². The van der Waals surface area contributed by atoms with Crippen LogP contribution >= 0.6 is 0 Å². The fourth-order valence-corrected chi connectivity index (χ4v) is 2.02. The van der Waals surface area contributed by atoms with Crippen LogP contribution in [0.3, 0.4) is 0 Å². The standard InChI is InChI=1S/C19H22FNO2/c1-19(2,3)10-9-18(22)14-7-8-16(21-12-14)13-23-17-6-4-5-15(20)11-17/h4-8,11-12H,9-10,13H2,1-3H3. The first-order chi connectivity index (χ1) is 10.8. The summed E-state index contributed by atoms with van der Waals surface area (Å²) >= 11 is 0. The number of pyridine rings is 1. The number of nitrogens with zero attached hydrogens (tertiary/aromatic N) is 1. The van der Waals surface area contributed by atoms with Gasteiger partial charge in [0, 0.05) is 24.2 Å². The zero-order chi connectivity index (χ0) is 16.9. The molecule has 0 radical (unpaired) electrons. The molecule has 0 amide bonds. The molecule has 1 heterocycles. The van der Waals surface area contributed by atoms with Crippen LogP contribution in [0.4, 0.5) is 4.39 Å². The summed E-state index contributed by atoms with van der Waals surface area (Å²) in [5, 5.41) is 0. The van der Waals surface area contributed by atoms with Gasteiger partial charge in [-0.3, -0.25) is 9.78 Å². The fourth-order valence-electron chi connectivity index (χ4n) is 2.02. The third kappa shape index (κ3) is 5.81. The van der Waals surface area contributed by atoms with Crippen LogP contribution in [0.25, 0.3) is 0 Å². The van der Waals surface area contributed by atoms with Gasteiger partial charge in [-0.25, -0.2) is 4.39 Å². The van der Waals surface area contributed by atoms with Gasteiger partial charge >= 0.3 is 0 Å². The highest BCUT2D eigenvalue weighted by Crippen LogP contribution is 2.22. The summed E-state index contributed by atoms with van der Waals surface area (Å²) in [6.45, 7) is 6.59. The van der Waals surface area contributed by atoms with Gasteiger partial charge in [-0.05, 0) is 36.1 Å². The van der Waals surface area contributed by atoms with Gasteiger partial charge < -0.3 is 4.74 Å². The minimum atomic E-state index is -0.338. The van der Waals surface area contributed by atoms with Crippen molar-refractivity contribution in [2.45, 2.75) is 40.2 Å². The van der Waals surface area contributed by atoms with Crippen molar-refractivity contribution < 1.29 is 13.9 Å². The van der Waals surface area contributed by atoms with E-state index in [2.05, 4.69) is 25.8 Å². The Morgan fingerprint density at radius 3 is 2.61 bits per heavy atom. The van der Waals surface area contributed by atoms with E-state index in [0.29, 0.717) is 23.4 Å². The van der Waals surface area contributed by atoms with E-state index >= 15 is 0 Å². The average molecular weight is 315 g/mol. The minimum absolute atomic E-state index is 0.102. The van der Waals surface area contributed by atoms with Gasteiger partial charge in [0.1, 0.15) is 18.2 Å². The van der Waals surface area contributed by atoms with Crippen molar-refractivity contribution in [2.75, 3.05) is 0 Å². The van der Waals surface area contributed by atoms with E-state index in [0.717, 1.165) is 6.42 Å². The number of benzene rings is 1. The van der Waals surface area contributed by atoms with Gasteiger partial charge in [0.05, 0.1) is 5.69 Å². The quantitative estimate of drug-likeness (QED) is 0.718. The number of aromatic nitrogens is 1. The maximum atomic E-state index is 13.1. The summed E-state index contributed by atoms with van der Waals surface area (Å²) in [6, 6.07) is 9.50. The number of hydrogen-bond acceptors (Lipinski definition) is 3. The number of hydrogen-bond donors (Lipinski definition) is 0. The highest BCUT2D eigenvalue weighted by atomic mass is 19.1. The molecule has 3 nitrogen and oxygen atoms in total. The Balaban J connectivity index is 1.90. The number of carbonyl (C=O) groups is 1. The first-order valence-electron chi connectivity index (χ1n) is 7.70. The van der Waals surface area contributed by atoms with Crippen LogP contribution in [0.2, 0.25) is 0 Å². The van der Waals surface area contributed by atoms with Gasteiger partial charge in [-0.1, -0.05) is 26.8 Å². The molecule has 0 N–H and O–H groups in total. The van der Waals surface area contributed by atoms with E-state index in [1.165, 1.54) is 12.1 Å². The van der Waals surface area contributed by atoms with Crippen LogP contribution in [0.1, 0.15) is 49.7 Å². The Kier molecular flexibility index (Phi) is 5.48. The Morgan fingerprint density at radius 1 is 1.22 bits per heavy atom. The molecular weight excluding hydrogens is 293 g/mol. The lowest BCUT2D eigenvalue weighted by atomic mass is 9.89. The second-order valence-electron chi connectivity index (χ2n) is 6.77. The van der Waals surface area contributed by atoms with Crippen LogP contribution in [-0.2, 0) is 6.61 Å². The number of ketones is 1. The number of halogens is 1. The molecule has 0 bridgehead atoms.